The zero-order valence-electron chi connectivity index (χ0n) is 11.4. The number of rotatable bonds is 3. The van der Waals surface area contributed by atoms with Crippen LogP contribution in [0.1, 0.15) is 11.7 Å². The zero-order valence-corrected chi connectivity index (χ0v) is 11.4. The number of fused-ring (bicyclic) bond motifs is 1. The molecular formula is C16H13NO4. The first-order chi connectivity index (χ1) is 10.2. The van der Waals surface area contributed by atoms with Crippen LogP contribution >= 0.6 is 0 Å². The van der Waals surface area contributed by atoms with Crippen molar-refractivity contribution >= 4 is 17.0 Å². The van der Waals surface area contributed by atoms with Crippen molar-refractivity contribution in [3.63, 3.8) is 0 Å². The molecule has 1 heterocycles. The summed E-state index contributed by atoms with van der Waals surface area (Å²) >= 11 is 0. The molecule has 21 heavy (non-hydrogen) atoms. The first-order valence-corrected chi connectivity index (χ1v) is 6.53. The highest BCUT2D eigenvalue weighted by molar-refractivity contribution is 5.91. The maximum absolute atomic E-state index is 12.4. The van der Waals surface area contributed by atoms with Gasteiger partial charge in [-0.25, -0.2) is 9.36 Å². The minimum atomic E-state index is -0.800. The van der Waals surface area contributed by atoms with Crippen molar-refractivity contribution in [2.24, 2.45) is 0 Å². The maximum Gasteiger partial charge on any atom is 0.427 e. The highest BCUT2D eigenvalue weighted by Crippen LogP contribution is 2.15. The van der Waals surface area contributed by atoms with Crippen molar-refractivity contribution in [1.29, 1.82) is 0 Å². The fourth-order valence-corrected chi connectivity index (χ4v) is 2.11. The summed E-state index contributed by atoms with van der Waals surface area (Å²) in [5.41, 5.74) is 0.818. The van der Waals surface area contributed by atoms with Gasteiger partial charge in [-0.05, 0) is 31.2 Å². The first kappa shape index (κ1) is 13.2. The summed E-state index contributed by atoms with van der Waals surface area (Å²) < 4.78 is 11.6. The molecule has 0 bridgehead atoms. The van der Waals surface area contributed by atoms with Gasteiger partial charge in [-0.1, -0.05) is 30.3 Å². The zero-order chi connectivity index (χ0) is 14.8. The van der Waals surface area contributed by atoms with Gasteiger partial charge < -0.3 is 9.15 Å². The Balaban J connectivity index is 1.93. The normalized spacial score (nSPS) is 12.2. The largest absolute Gasteiger partial charge is 0.481 e. The second kappa shape index (κ2) is 5.28. The van der Waals surface area contributed by atoms with Crippen LogP contribution in [0.2, 0.25) is 0 Å². The summed E-state index contributed by atoms with van der Waals surface area (Å²) in [6.45, 7) is 1.60. The number of oxazole rings is 1. The number of ether oxygens (including phenoxy) is 1. The number of para-hydroxylation sites is 3. The Hall–Kier alpha value is -2.82. The van der Waals surface area contributed by atoms with Crippen molar-refractivity contribution in [2.75, 3.05) is 0 Å². The summed E-state index contributed by atoms with van der Waals surface area (Å²) in [6.07, 6.45) is -0.800. The average molecular weight is 283 g/mol. The van der Waals surface area contributed by atoms with Crippen LogP contribution in [-0.2, 0) is 0 Å². The second-order valence-electron chi connectivity index (χ2n) is 4.58. The molecule has 2 aromatic carbocycles. The van der Waals surface area contributed by atoms with Gasteiger partial charge in [-0.15, -0.1) is 0 Å². The molecule has 0 spiro atoms. The van der Waals surface area contributed by atoms with E-state index in [-0.39, 0.29) is 0 Å². The fraction of sp³-hybridized carbons (Fsp3) is 0.125. The minimum absolute atomic E-state index is 0.378. The predicted octanol–water partition coefficient (Wildman–Crippen LogP) is 2.70. The van der Waals surface area contributed by atoms with E-state index in [9.17, 15) is 9.59 Å². The van der Waals surface area contributed by atoms with Crippen LogP contribution in [0.4, 0.5) is 0 Å². The third-order valence-corrected chi connectivity index (χ3v) is 3.11. The predicted molar refractivity (Wildman–Crippen MR) is 77.6 cm³/mol. The van der Waals surface area contributed by atoms with Crippen LogP contribution < -0.4 is 10.5 Å². The molecule has 0 radical (unpaired) electrons. The summed E-state index contributed by atoms with van der Waals surface area (Å²) in [4.78, 5) is 24.3. The SMILES string of the molecule is CC(Oc1ccccc1)C(=O)n1c(=O)oc2ccccc21. The standard InChI is InChI=1S/C16H13NO4/c1-11(20-12-7-3-2-4-8-12)15(18)17-13-9-5-6-10-14(13)21-16(17)19/h2-11H,1H3. The van der Waals surface area contributed by atoms with Gasteiger partial charge in [0.1, 0.15) is 5.75 Å². The Morgan fingerprint density at radius 1 is 1.10 bits per heavy atom. The molecule has 0 saturated carbocycles. The lowest BCUT2D eigenvalue weighted by molar-refractivity contribution is 0.0724. The molecule has 0 amide bonds. The summed E-state index contributed by atoms with van der Waals surface area (Å²) in [6, 6.07) is 15.8. The Morgan fingerprint density at radius 3 is 2.52 bits per heavy atom. The van der Waals surface area contributed by atoms with Gasteiger partial charge in [0, 0.05) is 0 Å². The van der Waals surface area contributed by atoms with Crippen LogP contribution in [0.25, 0.3) is 11.1 Å². The number of nitrogens with zero attached hydrogens (tertiary/aromatic N) is 1. The molecule has 0 aliphatic carbocycles. The van der Waals surface area contributed by atoms with Gasteiger partial charge in [0.25, 0.3) is 5.91 Å². The lowest BCUT2D eigenvalue weighted by atomic mass is 10.3. The molecule has 1 unspecified atom stereocenters. The quantitative estimate of drug-likeness (QED) is 0.741. The number of carbonyl (C=O) groups is 1. The monoisotopic (exact) mass is 283 g/mol. The third kappa shape index (κ3) is 2.45. The molecule has 0 N–H and O–H groups in total. The topological polar surface area (TPSA) is 61.4 Å². The molecule has 5 nitrogen and oxygen atoms in total. The van der Waals surface area contributed by atoms with Crippen LogP contribution in [-0.4, -0.2) is 16.6 Å². The van der Waals surface area contributed by atoms with E-state index in [0.717, 1.165) is 4.57 Å². The van der Waals surface area contributed by atoms with Gasteiger partial charge in [0.05, 0.1) is 5.52 Å². The van der Waals surface area contributed by atoms with Gasteiger partial charge in [-0.3, -0.25) is 4.79 Å². The molecule has 0 saturated heterocycles. The van der Waals surface area contributed by atoms with Gasteiger partial charge in [0.2, 0.25) is 0 Å². The van der Waals surface area contributed by atoms with Crippen molar-refractivity contribution in [2.45, 2.75) is 13.0 Å². The number of carbonyl (C=O) groups excluding carboxylic acids is 1. The van der Waals surface area contributed by atoms with E-state index in [0.29, 0.717) is 16.8 Å². The lowest BCUT2D eigenvalue weighted by Crippen LogP contribution is -2.34. The van der Waals surface area contributed by atoms with E-state index >= 15 is 0 Å². The third-order valence-electron chi connectivity index (χ3n) is 3.11. The second-order valence-corrected chi connectivity index (χ2v) is 4.58. The highest BCUT2D eigenvalue weighted by Gasteiger charge is 2.22. The van der Waals surface area contributed by atoms with E-state index in [1.54, 1.807) is 43.3 Å². The van der Waals surface area contributed by atoms with E-state index < -0.39 is 17.8 Å². The Kier molecular flexibility index (Phi) is 3.31. The van der Waals surface area contributed by atoms with Crippen molar-refractivity contribution in [3.8, 4) is 5.75 Å². The van der Waals surface area contributed by atoms with E-state index in [4.69, 9.17) is 9.15 Å². The van der Waals surface area contributed by atoms with Crippen molar-refractivity contribution in [1.82, 2.24) is 4.57 Å². The average Bonchev–Trinajstić information content (AvgIpc) is 2.83. The molecule has 5 heteroatoms. The Bertz CT molecular complexity index is 832. The number of hydrogen-bond acceptors (Lipinski definition) is 4. The van der Waals surface area contributed by atoms with Gasteiger partial charge in [0.15, 0.2) is 11.7 Å². The summed E-state index contributed by atoms with van der Waals surface area (Å²) in [5, 5.41) is 0. The van der Waals surface area contributed by atoms with E-state index in [1.165, 1.54) is 0 Å². The van der Waals surface area contributed by atoms with Crippen LogP contribution in [0.15, 0.2) is 63.8 Å². The van der Waals surface area contributed by atoms with Crippen LogP contribution in [0.5, 0.6) is 5.75 Å². The molecule has 106 valence electrons. The van der Waals surface area contributed by atoms with Crippen molar-refractivity contribution < 1.29 is 13.9 Å². The summed E-state index contributed by atoms with van der Waals surface area (Å²) in [5.74, 6) is -0.599. The number of aromatic nitrogens is 1. The van der Waals surface area contributed by atoms with Crippen LogP contribution in [0, 0.1) is 0 Å². The minimum Gasteiger partial charge on any atom is -0.481 e. The molecule has 0 aliphatic rings. The Labute approximate surface area is 120 Å². The molecular weight excluding hydrogens is 270 g/mol. The van der Waals surface area contributed by atoms with E-state index in [2.05, 4.69) is 0 Å². The number of hydrogen-bond donors (Lipinski definition) is 0. The first-order valence-electron chi connectivity index (χ1n) is 6.53. The van der Waals surface area contributed by atoms with Gasteiger partial charge in [-0.2, -0.15) is 0 Å². The lowest BCUT2D eigenvalue weighted by Gasteiger charge is -2.13. The van der Waals surface area contributed by atoms with Gasteiger partial charge >= 0.3 is 5.76 Å². The molecule has 0 fully saturated rings. The summed E-state index contributed by atoms with van der Waals surface area (Å²) in [7, 11) is 0. The fourth-order valence-electron chi connectivity index (χ4n) is 2.11. The molecule has 3 aromatic rings. The smallest absolute Gasteiger partial charge is 0.427 e. The molecule has 0 aliphatic heterocycles. The van der Waals surface area contributed by atoms with E-state index in [1.807, 2.05) is 18.2 Å². The maximum atomic E-state index is 12.4. The van der Waals surface area contributed by atoms with Crippen molar-refractivity contribution in [3.05, 3.63) is 65.1 Å². The number of benzene rings is 2. The molecule has 1 atom stereocenters. The Morgan fingerprint density at radius 2 is 1.76 bits per heavy atom. The molecule has 1 aromatic heterocycles. The molecule has 3 rings (SSSR count). The van der Waals surface area contributed by atoms with Crippen LogP contribution in [0.3, 0.4) is 0 Å². The highest BCUT2D eigenvalue weighted by atomic mass is 16.5.